The zero-order chi connectivity index (χ0) is 22.7. The number of piperidine rings is 1. The monoisotopic (exact) mass is 430 g/mol. The van der Waals surface area contributed by atoms with Gasteiger partial charge in [0.1, 0.15) is 11.9 Å². The van der Waals surface area contributed by atoms with Crippen molar-refractivity contribution in [3.63, 3.8) is 0 Å². The van der Waals surface area contributed by atoms with Crippen molar-refractivity contribution in [1.29, 1.82) is 5.26 Å². The predicted molar refractivity (Wildman–Crippen MR) is 119 cm³/mol. The van der Waals surface area contributed by atoms with Gasteiger partial charge < -0.3 is 10.2 Å². The maximum Gasteiger partial charge on any atom is 0.256 e. The van der Waals surface area contributed by atoms with Gasteiger partial charge in [-0.3, -0.25) is 4.79 Å². The van der Waals surface area contributed by atoms with Crippen LogP contribution >= 0.6 is 0 Å². The van der Waals surface area contributed by atoms with E-state index in [1.165, 1.54) is 4.80 Å². The molecule has 164 valence electrons. The van der Waals surface area contributed by atoms with Gasteiger partial charge in [0.05, 0.1) is 29.2 Å². The minimum atomic E-state index is -0.0251. The van der Waals surface area contributed by atoms with Crippen molar-refractivity contribution in [2.45, 2.75) is 39.7 Å². The quantitative estimate of drug-likeness (QED) is 0.662. The Balaban J connectivity index is 1.60. The van der Waals surface area contributed by atoms with Gasteiger partial charge in [0.25, 0.3) is 5.91 Å². The maximum atomic E-state index is 13.8. The van der Waals surface area contributed by atoms with Gasteiger partial charge in [0.2, 0.25) is 0 Å². The SMILES string of the molecule is Cc1ccc(-n2ncc(C)n2)c(C(=O)N2CCC[C@@H](C)[C@H]2CNc2ccc(C#N)nn2)c1. The summed E-state index contributed by atoms with van der Waals surface area (Å²) >= 11 is 0. The molecule has 1 saturated heterocycles. The first-order valence-corrected chi connectivity index (χ1v) is 10.7. The number of likely N-dealkylation sites (tertiary alicyclic amines) is 1. The van der Waals surface area contributed by atoms with Crippen LogP contribution in [0.2, 0.25) is 0 Å². The Morgan fingerprint density at radius 2 is 2.09 bits per heavy atom. The molecular weight excluding hydrogens is 404 g/mol. The number of amides is 1. The highest BCUT2D eigenvalue weighted by Crippen LogP contribution is 2.27. The highest BCUT2D eigenvalue weighted by molar-refractivity contribution is 5.98. The third-order valence-electron chi connectivity index (χ3n) is 5.85. The number of hydrogen-bond donors (Lipinski definition) is 1. The second kappa shape index (κ2) is 9.14. The van der Waals surface area contributed by atoms with E-state index < -0.39 is 0 Å². The van der Waals surface area contributed by atoms with Gasteiger partial charge in [-0.25, -0.2) is 0 Å². The van der Waals surface area contributed by atoms with Gasteiger partial charge in [-0.15, -0.1) is 10.2 Å². The number of aromatic nitrogens is 5. The summed E-state index contributed by atoms with van der Waals surface area (Å²) in [5, 5.41) is 28.8. The molecule has 1 aliphatic rings. The Labute approximate surface area is 187 Å². The summed E-state index contributed by atoms with van der Waals surface area (Å²) in [6.07, 6.45) is 3.69. The molecule has 1 aromatic carbocycles. The van der Waals surface area contributed by atoms with E-state index in [0.29, 0.717) is 36.1 Å². The fourth-order valence-electron chi connectivity index (χ4n) is 4.11. The maximum absolute atomic E-state index is 13.8. The molecule has 1 aliphatic heterocycles. The molecule has 3 aromatic rings. The molecule has 0 unspecified atom stereocenters. The molecule has 9 heteroatoms. The molecule has 0 bridgehead atoms. The van der Waals surface area contributed by atoms with E-state index >= 15 is 0 Å². The second-order valence-corrected chi connectivity index (χ2v) is 8.28. The van der Waals surface area contributed by atoms with Crippen LogP contribution in [0.25, 0.3) is 5.69 Å². The lowest BCUT2D eigenvalue weighted by atomic mass is 9.89. The van der Waals surface area contributed by atoms with Crippen LogP contribution in [0, 0.1) is 31.1 Å². The number of rotatable bonds is 5. The Morgan fingerprint density at radius 3 is 2.78 bits per heavy atom. The lowest BCUT2D eigenvalue weighted by Gasteiger charge is -2.40. The Hall–Kier alpha value is -3.80. The van der Waals surface area contributed by atoms with Crippen LogP contribution in [0.15, 0.2) is 36.5 Å². The Morgan fingerprint density at radius 1 is 1.25 bits per heavy atom. The molecule has 32 heavy (non-hydrogen) atoms. The molecule has 1 N–H and O–H groups in total. The van der Waals surface area contributed by atoms with E-state index in [2.05, 4.69) is 32.6 Å². The smallest absolute Gasteiger partial charge is 0.256 e. The second-order valence-electron chi connectivity index (χ2n) is 8.28. The molecule has 2 atom stereocenters. The average molecular weight is 431 g/mol. The fraction of sp³-hybridized carbons (Fsp3) is 0.391. The molecule has 9 nitrogen and oxygen atoms in total. The van der Waals surface area contributed by atoms with Crippen LogP contribution in [0.5, 0.6) is 0 Å². The van der Waals surface area contributed by atoms with Crippen LogP contribution in [-0.2, 0) is 0 Å². The zero-order valence-corrected chi connectivity index (χ0v) is 18.5. The highest BCUT2D eigenvalue weighted by Gasteiger charge is 2.33. The lowest BCUT2D eigenvalue weighted by molar-refractivity contribution is 0.0539. The van der Waals surface area contributed by atoms with Gasteiger partial charge >= 0.3 is 0 Å². The molecule has 0 radical (unpaired) electrons. The van der Waals surface area contributed by atoms with Crippen molar-refractivity contribution < 1.29 is 4.79 Å². The first kappa shape index (κ1) is 21.4. The molecule has 1 amide bonds. The number of nitrogens with zero attached hydrogens (tertiary/aromatic N) is 7. The summed E-state index contributed by atoms with van der Waals surface area (Å²) in [5.74, 6) is 0.884. The largest absolute Gasteiger partial charge is 0.367 e. The van der Waals surface area contributed by atoms with Crippen molar-refractivity contribution >= 4 is 11.7 Å². The van der Waals surface area contributed by atoms with Gasteiger partial charge in [-0.05, 0) is 56.9 Å². The standard InChI is InChI=1S/C23H26N8O/c1-15-6-8-20(31-26-13-17(3)29-31)19(11-15)23(32)30-10-4-5-16(2)21(30)14-25-22-9-7-18(12-24)27-28-22/h6-9,11,13,16,21H,4-5,10,14H2,1-3H3,(H,25,28)/t16-,21-/m1/s1. The van der Waals surface area contributed by atoms with Crippen LogP contribution in [0.3, 0.4) is 0 Å². The summed E-state index contributed by atoms with van der Waals surface area (Å²) in [4.78, 5) is 17.2. The molecule has 0 spiro atoms. The normalized spacial score (nSPS) is 18.2. The molecule has 3 heterocycles. The van der Waals surface area contributed by atoms with E-state index in [4.69, 9.17) is 5.26 Å². The summed E-state index contributed by atoms with van der Waals surface area (Å²) in [6, 6.07) is 11.1. The van der Waals surface area contributed by atoms with Crippen LogP contribution in [0.4, 0.5) is 5.82 Å². The first-order valence-electron chi connectivity index (χ1n) is 10.7. The number of anilines is 1. The summed E-state index contributed by atoms with van der Waals surface area (Å²) in [5.41, 5.74) is 3.34. The minimum Gasteiger partial charge on any atom is -0.367 e. The molecule has 1 fully saturated rings. The van der Waals surface area contributed by atoms with E-state index in [9.17, 15) is 4.79 Å². The number of carbonyl (C=O) groups excluding carboxylic acids is 1. The molecule has 0 saturated carbocycles. The Kier molecular flexibility index (Phi) is 6.12. The Bertz CT molecular complexity index is 1150. The lowest BCUT2D eigenvalue weighted by Crippen LogP contribution is -2.51. The van der Waals surface area contributed by atoms with Crippen LogP contribution < -0.4 is 5.32 Å². The van der Waals surface area contributed by atoms with Gasteiger partial charge in [-0.1, -0.05) is 18.6 Å². The van der Waals surface area contributed by atoms with E-state index in [0.717, 1.165) is 24.1 Å². The number of hydrogen-bond acceptors (Lipinski definition) is 7. The summed E-state index contributed by atoms with van der Waals surface area (Å²) in [7, 11) is 0. The molecular formula is C23H26N8O. The molecule has 0 aliphatic carbocycles. The van der Waals surface area contributed by atoms with Crippen LogP contribution in [-0.4, -0.2) is 55.1 Å². The minimum absolute atomic E-state index is 0.00521. The van der Waals surface area contributed by atoms with E-state index in [-0.39, 0.29) is 17.6 Å². The number of carbonyl (C=O) groups is 1. The van der Waals surface area contributed by atoms with Crippen LogP contribution in [0.1, 0.15) is 47.1 Å². The number of benzene rings is 1. The third kappa shape index (κ3) is 4.44. The van der Waals surface area contributed by atoms with Crippen molar-refractivity contribution in [2.75, 3.05) is 18.4 Å². The molecule has 2 aromatic heterocycles. The molecule has 4 rings (SSSR count). The average Bonchev–Trinajstić information content (AvgIpc) is 3.24. The third-order valence-corrected chi connectivity index (χ3v) is 5.85. The van der Waals surface area contributed by atoms with Crippen molar-refractivity contribution in [2.24, 2.45) is 5.92 Å². The topological polar surface area (TPSA) is 113 Å². The van der Waals surface area contributed by atoms with Gasteiger partial charge in [0, 0.05) is 13.1 Å². The zero-order valence-electron chi connectivity index (χ0n) is 18.5. The number of nitriles is 1. The highest BCUT2D eigenvalue weighted by atomic mass is 16.2. The fourth-order valence-corrected chi connectivity index (χ4v) is 4.11. The van der Waals surface area contributed by atoms with Crippen molar-refractivity contribution in [3.8, 4) is 11.8 Å². The van der Waals surface area contributed by atoms with Crippen molar-refractivity contribution in [1.82, 2.24) is 30.1 Å². The van der Waals surface area contributed by atoms with E-state index in [1.54, 1.807) is 18.3 Å². The summed E-state index contributed by atoms with van der Waals surface area (Å²) < 4.78 is 0. The van der Waals surface area contributed by atoms with Gasteiger partial charge in [-0.2, -0.15) is 20.3 Å². The number of nitrogens with one attached hydrogen (secondary N) is 1. The van der Waals surface area contributed by atoms with Crippen molar-refractivity contribution in [3.05, 3.63) is 59.0 Å². The summed E-state index contributed by atoms with van der Waals surface area (Å²) in [6.45, 7) is 7.26. The first-order chi connectivity index (χ1) is 15.5. The predicted octanol–water partition coefficient (Wildman–Crippen LogP) is 2.90. The van der Waals surface area contributed by atoms with Gasteiger partial charge in [0.15, 0.2) is 5.69 Å². The van der Waals surface area contributed by atoms with E-state index in [1.807, 2.05) is 43.0 Å². The number of aryl methyl sites for hydroxylation is 2.